The van der Waals surface area contributed by atoms with E-state index in [1.54, 1.807) is 6.07 Å². The molecule has 9 heteroatoms. The Balaban J connectivity index is 1.03. The van der Waals surface area contributed by atoms with Gasteiger partial charge in [-0.05, 0) is 86.6 Å². The first-order valence-corrected chi connectivity index (χ1v) is 14.3. The van der Waals surface area contributed by atoms with Gasteiger partial charge in [0.25, 0.3) is 0 Å². The topological polar surface area (TPSA) is 92.3 Å². The normalized spacial score (nSPS) is 19.0. The summed E-state index contributed by atoms with van der Waals surface area (Å²) in [4.78, 5) is 13.6. The third-order valence-electron chi connectivity index (χ3n) is 8.88. The van der Waals surface area contributed by atoms with Crippen LogP contribution in [-0.2, 0) is 6.42 Å². The molecule has 2 saturated carbocycles. The van der Waals surface area contributed by atoms with Gasteiger partial charge in [0, 0.05) is 41.2 Å². The second kappa shape index (κ2) is 9.49. The lowest BCUT2D eigenvalue weighted by molar-refractivity contribution is 0.0282. The zero-order valence-corrected chi connectivity index (χ0v) is 22.9. The molecule has 3 heterocycles. The van der Waals surface area contributed by atoms with Gasteiger partial charge in [0.2, 0.25) is 0 Å². The van der Waals surface area contributed by atoms with E-state index in [4.69, 9.17) is 32.8 Å². The zero-order valence-electron chi connectivity index (χ0n) is 21.4. The fourth-order valence-electron chi connectivity index (χ4n) is 6.68. The third kappa shape index (κ3) is 4.55. The quantitative estimate of drug-likeness (QED) is 0.261. The highest BCUT2D eigenvalue weighted by molar-refractivity contribution is 6.39. The summed E-state index contributed by atoms with van der Waals surface area (Å²) in [6.45, 7) is 2.00. The minimum absolute atomic E-state index is 0.0350. The summed E-state index contributed by atoms with van der Waals surface area (Å²) >= 11 is 13.1. The van der Waals surface area contributed by atoms with Crippen LogP contribution in [0, 0.1) is 11.3 Å². The molecule has 1 spiro atoms. The monoisotopic (exact) mass is 562 g/mol. The maximum Gasteiger partial charge on any atom is 0.356 e. The first-order chi connectivity index (χ1) is 18.9. The Morgan fingerprint density at radius 1 is 1.05 bits per heavy atom. The van der Waals surface area contributed by atoms with Crippen LogP contribution in [0.25, 0.3) is 22.2 Å². The van der Waals surface area contributed by atoms with E-state index in [0.29, 0.717) is 27.3 Å². The molecule has 0 radical (unpaired) electrons. The molecule has 0 atom stereocenters. The maximum absolute atomic E-state index is 11.2. The van der Waals surface area contributed by atoms with Crippen molar-refractivity contribution in [3.05, 3.63) is 69.5 Å². The Labute approximate surface area is 236 Å². The van der Waals surface area contributed by atoms with Crippen molar-refractivity contribution in [2.45, 2.75) is 50.9 Å². The minimum atomic E-state index is -1.06. The number of aromatic nitrogens is 3. The molecule has 7 nitrogen and oxygen atoms in total. The second-order valence-corrected chi connectivity index (χ2v) is 12.3. The van der Waals surface area contributed by atoms with Crippen molar-refractivity contribution in [3.63, 3.8) is 0 Å². The van der Waals surface area contributed by atoms with Crippen molar-refractivity contribution < 1.29 is 14.4 Å². The Morgan fingerprint density at radius 2 is 1.79 bits per heavy atom. The number of carboxylic acids is 1. The van der Waals surface area contributed by atoms with Crippen LogP contribution in [0.3, 0.4) is 0 Å². The molecule has 1 N–H and O–H groups in total. The van der Waals surface area contributed by atoms with E-state index in [-0.39, 0.29) is 5.69 Å². The summed E-state index contributed by atoms with van der Waals surface area (Å²) in [5.41, 5.74) is 5.00. The van der Waals surface area contributed by atoms with E-state index in [1.165, 1.54) is 18.4 Å². The van der Waals surface area contributed by atoms with Crippen LogP contribution in [0.15, 0.2) is 47.0 Å². The van der Waals surface area contributed by atoms with Crippen LogP contribution in [0.4, 0.5) is 5.69 Å². The molecule has 4 aromatic rings. The van der Waals surface area contributed by atoms with Gasteiger partial charge in [-0.1, -0.05) is 40.5 Å². The molecule has 7 rings (SSSR count). The van der Waals surface area contributed by atoms with Gasteiger partial charge < -0.3 is 14.5 Å². The largest absolute Gasteiger partial charge is 0.476 e. The molecule has 1 aliphatic heterocycles. The van der Waals surface area contributed by atoms with Gasteiger partial charge in [-0.15, -0.1) is 10.2 Å². The number of rotatable bonds is 6. The van der Waals surface area contributed by atoms with E-state index in [9.17, 15) is 4.79 Å². The van der Waals surface area contributed by atoms with E-state index in [0.717, 1.165) is 78.8 Å². The van der Waals surface area contributed by atoms with Gasteiger partial charge in [-0.2, -0.15) is 0 Å². The van der Waals surface area contributed by atoms with Crippen molar-refractivity contribution in [2.24, 2.45) is 11.3 Å². The van der Waals surface area contributed by atoms with Crippen molar-refractivity contribution >= 4 is 45.8 Å². The van der Waals surface area contributed by atoms with Crippen LogP contribution in [0.1, 0.15) is 66.3 Å². The lowest BCUT2D eigenvalue weighted by Gasteiger charge is -2.53. The molecule has 3 fully saturated rings. The van der Waals surface area contributed by atoms with Crippen LogP contribution < -0.4 is 4.90 Å². The number of carboxylic acid groups (broad SMARTS) is 1. The minimum Gasteiger partial charge on any atom is -0.476 e. The molecular weight excluding hydrogens is 535 g/mol. The highest BCUT2D eigenvalue weighted by atomic mass is 35.5. The highest BCUT2D eigenvalue weighted by Gasteiger charge is 2.46. The highest BCUT2D eigenvalue weighted by Crippen LogP contribution is 2.55. The molecule has 39 heavy (non-hydrogen) atoms. The van der Waals surface area contributed by atoms with Gasteiger partial charge in [0.1, 0.15) is 11.5 Å². The average molecular weight is 563 g/mol. The number of nitrogens with zero attached hydrogens (tertiary/aromatic N) is 4. The standard InChI is InChI=1S/C30H28Cl2N4O3/c31-22-2-1-3-23(32)26(22)27-21(28(39-35-27)18-4-5-18)12-17-15-30(16-17)8-10-36(11-9-30)20-7-6-19-13-25(29(37)38)34-33-24(19)14-20/h1-3,6-7,13-14,17-18H,4-5,8-12,15-16H2,(H,37,38). The van der Waals surface area contributed by atoms with Gasteiger partial charge >= 0.3 is 5.97 Å². The zero-order chi connectivity index (χ0) is 26.7. The summed E-state index contributed by atoms with van der Waals surface area (Å²) in [6, 6.07) is 13.2. The molecule has 2 aromatic carbocycles. The van der Waals surface area contributed by atoms with Gasteiger partial charge in [0.15, 0.2) is 5.69 Å². The SMILES string of the molecule is O=C(O)c1cc2ccc(N3CCC4(CC3)CC(Cc3c(-c5c(Cl)cccc5Cl)noc3C3CC3)C4)cc2nn1. The maximum atomic E-state index is 11.2. The van der Waals surface area contributed by atoms with Crippen molar-refractivity contribution in [1.29, 1.82) is 0 Å². The number of fused-ring (bicyclic) bond motifs is 1. The number of halogens is 2. The summed E-state index contributed by atoms with van der Waals surface area (Å²) in [5, 5.41) is 23.6. The molecular formula is C30H28Cl2N4O3. The number of hydrogen-bond acceptors (Lipinski definition) is 6. The number of piperidine rings is 1. The smallest absolute Gasteiger partial charge is 0.356 e. The number of hydrogen-bond donors (Lipinski definition) is 1. The third-order valence-corrected chi connectivity index (χ3v) is 9.51. The summed E-state index contributed by atoms with van der Waals surface area (Å²) in [6.07, 6.45) is 8.02. The number of anilines is 1. The van der Waals surface area contributed by atoms with E-state index < -0.39 is 5.97 Å². The molecule has 0 bridgehead atoms. The summed E-state index contributed by atoms with van der Waals surface area (Å²) in [7, 11) is 0. The molecule has 0 unspecified atom stereocenters. The fourth-order valence-corrected chi connectivity index (χ4v) is 7.25. The van der Waals surface area contributed by atoms with Crippen LogP contribution in [0.2, 0.25) is 10.0 Å². The Morgan fingerprint density at radius 3 is 2.49 bits per heavy atom. The fraction of sp³-hybridized carbons (Fsp3) is 0.400. The molecule has 2 aromatic heterocycles. The predicted molar refractivity (Wildman–Crippen MR) is 151 cm³/mol. The lowest BCUT2D eigenvalue weighted by Crippen LogP contribution is -2.47. The summed E-state index contributed by atoms with van der Waals surface area (Å²) in [5.74, 6) is 1.05. The van der Waals surface area contributed by atoms with E-state index >= 15 is 0 Å². The first kappa shape index (κ1) is 24.9. The van der Waals surface area contributed by atoms with Crippen molar-refractivity contribution in [3.8, 4) is 11.3 Å². The summed E-state index contributed by atoms with van der Waals surface area (Å²) < 4.78 is 5.89. The Kier molecular flexibility index (Phi) is 6.05. The number of benzene rings is 2. The van der Waals surface area contributed by atoms with Crippen LogP contribution >= 0.6 is 23.2 Å². The van der Waals surface area contributed by atoms with Crippen molar-refractivity contribution in [2.75, 3.05) is 18.0 Å². The molecule has 3 aliphatic rings. The molecule has 200 valence electrons. The predicted octanol–water partition coefficient (Wildman–Crippen LogP) is 7.41. The second-order valence-electron chi connectivity index (χ2n) is 11.5. The molecule has 1 saturated heterocycles. The van der Waals surface area contributed by atoms with Crippen LogP contribution in [-0.4, -0.2) is 39.5 Å². The van der Waals surface area contributed by atoms with Gasteiger partial charge in [0.05, 0.1) is 15.6 Å². The number of aromatic carboxylic acids is 1. The van der Waals surface area contributed by atoms with Crippen molar-refractivity contribution in [1.82, 2.24) is 15.4 Å². The Bertz CT molecular complexity index is 1560. The average Bonchev–Trinajstić information content (AvgIpc) is 3.68. The first-order valence-electron chi connectivity index (χ1n) is 13.6. The Hall–Kier alpha value is -3.16. The van der Waals surface area contributed by atoms with Gasteiger partial charge in [-0.25, -0.2) is 4.79 Å². The molecule has 0 amide bonds. The van der Waals surface area contributed by atoms with E-state index in [2.05, 4.69) is 26.3 Å². The van der Waals surface area contributed by atoms with E-state index in [1.807, 2.05) is 30.3 Å². The molecule has 2 aliphatic carbocycles. The van der Waals surface area contributed by atoms with Gasteiger partial charge in [-0.3, -0.25) is 0 Å². The number of carbonyl (C=O) groups is 1. The lowest BCUT2D eigenvalue weighted by atomic mass is 9.56. The van der Waals surface area contributed by atoms with Crippen LogP contribution in [0.5, 0.6) is 0 Å².